The summed E-state index contributed by atoms with van der Waals surface area (Å²) in [5, 5.41) is 2.82. The molecule has 0 spiro atoms. The zero-order valence-corrected chi connectivity index (χ0v) is 9.76. The second-order valence-electron chi connectivity index (χ2n) is 3.11. The van der Waals surface area contributed by atoms with Crippen molar-refractivity contribution in [3.63, 3.8) is 0 Å². The predicted molar refractivity (Wildman–Crippen MR) is 58.5 cm³/mol. The van der Waals surface area contributed by atoms with Crippen LogP contribution >= 0.6 is 15.9 Å². The molecule has 15 heavy (non-hydrogen) atoms. The number of ketones is 1. The highest BCUT2D eigenvalue weighted by molar-refractivity contribution is 9.10. The summed E-state index contributed by atoms with van der Waals surface area (Å²) < 4.78 is 11.2. The molecule has 1 aliphatic heterocycles. The Balaban J connectivity index is 2.45. The molecule has 1 aromatic rings. The normalized spacial score (nSPS) is 12.9. The Morgan fingerprint density at radius 1 is 1.53 bits per heavy atom. The third-order valence-corrected chi connectivity index (χ3v) is 2.77. The van der Waals surface area contributed by atoms with Crippen molar-refractivity contribution in [2.75, 3.05) is 20.4 Å². The number of hydrogen-bond donors (Lipinski definition) is 1. The predicted octanol–water partition coefficient (Wildman–Crippen LogP) is 1.58. The standard InChI is InChI=1S/C10H10BrNO3/c1-12-4-7(13)9-6(11)2-3-8-10(9)15-5-14-8/h2-3,12H,4-5H2,1H3. The first-order chi connectivity index (χ1) is 7.24. The van der Waals surface area contributed by atoms with Crippen LogP contribution < -0.4 is 14.8 Å². The SMILES string of the molecule is CNCC(=O)c1c(Br)ccc2c1OCO2. The van der Waals surface area contributed by atoms with Crippen LogP contribution in [0.15, 0.2) is 16.6 Å². The van der Waals surface area contributed by atoms with E-state index < -0.39 is 0 Å². The third kappa shape index (κ3) is 1.85. The van der Waals surface area contributed by atoms with E-state index in [2.05, 4.69) is 21.2 Å². The molecule has 1 heterocycles. The van der Waals surface area contributed by atoms with Crippen molar-refractivity contribution in [2.45, 2.75) is 0 Å². The fourth-order valence-corrected chi connectivity index (χ4v) is 1.99. The number of likely N-dealkylation sites (N-methyl/N-ethyl adjacent to an activating group) is 1. The number of nitrogens with one attached hydrogen (secondary N) is 1. The van der Waals surface area contributed by atoms with E-state index in [0.717, 1.165) is 4.47 Å². The van der Waals surface area contributed by atoms with Crippen LogP contribution in [0, 0.1) is 0 Å². The first kappa shape index (κ1) is 10.4. The highest BCUT2D eigenvalue weighted by Crippen LogP contribution is 2.39. The number of halogens is 1. The van der Waals surface area contributed by atoms with E-state index in [-0.39, 0.29) is 19.1 Å². The Kier molecular flexibility index (Phi) is 2.93. The summed E-state index contributed by atoms with van der Waals surface area (Å²) >= 11 is 3.34. The van der Waals surface area contributed by atoms with Crippen molar-refractivity contribution in [2.24, 2.45) is 0 Å². The molecule has 4 nitrogen and oxygen atoms in total. The van der Waals surface area contributed by atoms with Crippen LogP contribution in [0.5, 0.6) is 11.5 Å². The molecule has 0 saturated carbocycles. The number of carbonyl (C=O) groups excluding carboxylic acids is 1. The fourth-order valence-electron chi connectivity index (χ4n) is 1.46. The van der Waals surface area contributed by atoms with Gasteiger partial charge in [0, 0.05) is 4.47 Å². The molecule has 0 saturated heterocycles. The lowest BCUT2D eigenvalue weighted by molar-refractivity contribution is 0.0988. The van der Waals surface area contributed by atoms with Crippen molar-refractivity contribution < 1.29 is 14.3 Å². The Morgan fingerprint density at radius 2 is 2.33 bits per heavy atom. The number of ether oxygens (including phenoxy) is 2. The minimum absolute atomic E-state index is 0.0216. The van der Waals surface area contributed by atoms with Gasteiger partial charge in [-0.15, -0.1) is 0 Å². The van der Waals surface area contributed by atoms with Crippen molar-refractivity contribution in [1.29, 1.82) is 0 Å². The molecule has 2 rings (SSSR count). The van der Waals surface area contributed by atoms with Crippen LogP contribution in [0.25, 0.3) is 0 Å². The summed E-state index contributed by atoms with van der Waals surface area (Å²) in [6, 6.07) is 3.57. The van der Waals surface area contributed by atoms with E-state index >= 15 is 0 Å². The molecule has 0 bridgehead atoms. The maximum absolute atomic E-state index is 11.8. The van der Waals surface area contributed by atoms with Gasteiger partial charge in [0.15, 0.2) is 17.3 Å². The smallest absolute Gasteiger partial charge is 0.231 e. The van der Waals surface area contributed by atoms with Crippen molar-refractivity contribution >= 4 is 21.7 Å². The van der Waals surface area contributed by atoms with Gasteiger partial charge in [-0.1, -0.05) is 0 Å². The first-order valence-electron chi connectivity index (χ1n) is 4.50. The second-order valence-corrected chi connectivity index (χ2v) is 3.96. The molecule has 0 fully saturated rings. The maximum atomic E-state index is 11.8. The summed E-state index contributed by atoms with van der Waals surface area (Å²) in [6.07, 6.45) is 0. The summed E-state index contributed by atoms with van der Waals surface area (Å²) in [5.41, 5.74) is 0.541. The lowest BCUT2D eigenvalue weighted by Crippen LogP contribution is -2.19. The molecule has 0 aromatic heterocycles. The number of Topliss-reactive ketones (excluding diaryl/α,β-unsaturated/α-hetero) is 1. The van der Waals surface area contributed by atoms with Gasteiger partial charge in [0.25, 0.3) is 0 Å². The van der Waals surface area contributed by atoms with E-state index in [0.29, 0.717) is 17.1 Å². The van der Waals surface area contributed by atoms with Gasteiger partial charge in [0.05, 0.1) is 12.1 Å². The Hall–Kier alpha value is -1.07. The van der Waals surface area contributed by atoms with Crippen LogP contribution in [-0.2, 0) is 0 Å². The number of benzene rings is 1. The van der Waals surface area contributed by atoms with E-state index in [1.54, 1.807) is 19.2 Å². The molecule has 0 atom stereocenters. The van der Waals surface area contributed by atoms with Crippen LogP contribution in [0.2, 0.25) is 0 Å². The summed E-state index contributed by atoms with van der Waals surface area (Å²) in [4.78, 5) is 11.8. The van der Waals surface area contributed by atoms with Crippen LogP contribution in [0.4, 0.5) is 0 Å². The zero-order chi connectivity index (χ0) is 10.8. The molecule has 1 aromatic carbocycles. The molecule has 5 heteroatoms. The zero-order valence-electron chi connectivity index (χ0n) is 8.17. The van der Waals surface area contributed by atoms with Gasteiger partial charge in [0.2, 0.25) is 6.79 Å². The van der Waals surface area contributed by atoms with E-state index in [9.17, 15) is 4.79 Å². The highest BCUT2D eigenvalue weighted by Gasteiger charge is 2.24. The van der Waals surface area contributed by atoms with Crippen molar-refractivity contribution in [3.05, 3.63) is 22.2 Å². The van der Waals surface area contributed by atoms with Crippen LogP contribution in [-0.4, -0.2) is 26.2 Å². The average molecular weight is 272 g/mol. The molecule has 1 aliphatic rings. The van der Waals surface area contributed by atoms with Gasteiger partial charge in [0.1, 0.15) is 0 Å². The summed E-state index contributed by atoms with van der Waals surface area (Å²) in [6.45, 7) is 0.448. The molecule has 0 radical (unpaired) electrons. The van der Waals surface area contributed by atoms with Crippen LogP contribution in [0.1, 0.15) is 10.4 Å². The van der Waals surface area contributed by atoms with E-state index in [1.807, 2.05) is 0 Å². The van der Waals surface area contributed by atoms with Crippen molar-refractivity contribution in [1.82, 2.24) is 5.32 Å². The Bertz CT molecular complexity index is 406. The van der Waals surface area contributed by atoms with Gasteiger partial charge >= 0.3 is 0 Å². The molecule has 0 amide bonds. The molecule has 0 aliphatic carbocycles. The Morgan fingerprint density at radius 3 is 3.07 bits per heavy atom. The third-order valence-electron chi connectivity index (χ3n) is 2.10. The molecule has 80 valence electrons. The van der Waals surface area contributed by atoms with Crippen LogP contribution in [0.3, 0.4) is 0 Å². The first-order valence-corrected chi connectivity index (χ1v) is 5.29. The van der Waals surface area contributed by atoms with Crippen molar-refractivity contribution in [3.8, 4) is 11.5 Å². The monoisotopic (exact) mass is 271 g/mol. The van der Waals surface area contributed by atoms with Gasteiger partial charge in [-0.25, -0.2) is 0 Å². The quantitative estimate of drug-likeness (QED) is 0.849. The molecular formula is C10H10BrNO3. The topological polar surface area (TPSA) is 47.6 Å². The van der Waals surface area contributed by atoms with E-state index in [4.69, 9.17) is 9.47 Å². The average Bonchev–Trinajstić information content (AvgIpc) is 2.65. The highest BCUT2D eigenvalue weighted by atomic mass is 79.9. The maximum Gasteiger partial charge on any atom is 0.231 e. The number of rotatable bonds is 3. The van der Waals surface area contributed by atoms with E-state index in [1.165, 1.54) is 0 Å². The molecule has 0 unspecified atom stereocenters. The molecule has 1 N–H and O–H groups in total. The Labute approximate surface area is 95.7 Å². The summed E-state index contributed by atoms with van der Waals surface area (Å²) in [7, 11) is 1.73. The number of carbonyl (C=O) groups is 1. The largest absolute Gasteiger partial charge is 0.454 e. The lowest BCUT2D eigenvalue weighted by atomic mass is 10.1. The fraction of sp³-hybridized carbons (Fsp3) is 0.300. The van der Waals surface area contributed by atoms with Gasteiger partial charge in [-0.2, -0.15) is 0 Å². The molecular weight excluding hydrogens is 262 g/mol. The summed E-state index contributed by atoms with van der Waals surface area (Å²) in [5.74, 6) is 1.13. The lowest BCUT2D eigenvalue weighted by Gasteiger charge is -2.06. The number of hydrogen-bond acceptors (Lipinski definition) is 4. The minimum Gasteiger partial charge on any atom is -0.454 e. The van der Waals surface area contributed by atoms with Gasteiger partial charge < -0.3 is 14.8 Å². The second kappa shape index (κ2) is 4.20. The van der Waals surface area contributed by atoms with Gasteiger partial charge in [-0.05, 0) is 35.1 Å². The number of fused-ring (bicyclic) bond motifs is 1. The van der Waals surface area contributed by atoms with Gasteiger partial charge in [-0.3, -0.25) is 4.79 Å². The minimum atomic E-state index is -0.0216.